The molecule has 0 saturated heterocycles. The molecular formula is C13H20N2O3. The summed E-state index contributed by atoms with van der Waals surface area (Å²) >= 11 is 0. The second-order valence-corrected chi connectivity index (χ2v) is 5.49. The van der Waals surface area contributed by atoms with Crippen molar-refractivity contribution in [2.24, 2.45) is 5.92 Å². The highest BCUT2D eigenvalue weighted by atomic mass is 16.5. The van der Waals surface area contributed by atoms with Crippen molar-refractivity contribution in [3.8, 4) is 0 Å². The Kier molecular flexibility index (Phi) is 3.35. The van der Waals surface area contributed by atoms with Crippen LogP contribution in [-0.2, 0) is 4.74 Å². The molecule has 2 aliphatic rings. The zero-order chi connectivity index (χ0) is 12.5. The lowest BCUT2D eigenvalue weighted by Crippen LogP contribution is -2.17. The summed E-state index contributed by atoms with van der Waals surface area (Å²) in [6.07, 6.45) is 5.76. The number of hydrogen-bond donors (Lipinski definition) is 1. The predicted octanol–water partition coefficient (Wildman–Crippen LogP) is 2.19. The van der Waals surface area contributed by atoms with E-state index >= 15 is 0 Å². The van der Waals surface area contributed by atoms with Crippen LogP contribution in [0.5, 0.6) is 0 Å². The minimum atomic E-state index is -0.151. The number of nitrogens with zero attached hydrogens (tertiary/aromatic N) is 2. The lowest BCUT2D eigenvalue weighted by Gasteiger charge is -2.22. The van der Waals surface area contributed by atoms with Gasteiger partial charge in [-0.1, -0.05) is 5.16 Å². The monoisotopic (exact) mass is 252 g/mol. The summed E-state index contributed by atoms with van der Waals surface area (Å²) in [6, 6.07) is 0. The van der Waals surface area contributed by atoms with E-state index in [2.05, 4.69) is 10.1 Å². The van der Waals surface area contributed by atoms with E-state index in [1.54, 1.807) is 7.11 Å². The molecule has 5 heteroatoms. The molecule has 1 aromatic rings. The van der Waals surface area contributed by atoms with Crippen LogP contribution in [0.25, 0.3) is 0 Å². The van der Waals surface area contributed by atoms with E-state index in [0.717, 1.165) is 31.6 Å². The first-order valence-corrected chi connectivity index (χ1v) is 6.82. The third-order valence-corrected chi connectivity index (χ3v) is 4.06. The van der Waals surface area contributed by atoms with Gasteiger partial charge in [0.25, 0.3) is 0 Å². The highest BCUT2D eigenvalue weighted by Crippen LogP contribution is 2.42. The summed E-state index contributed by atoms with van der Waals surface area (Å²) in [7, 11) is 1.70. The van der Waals surface area contributed by atoms with Gasteiger partial charge >= 0.3 is 0 Å². The fraction of sp³-hybridized carbons (Fsp3) is 0.846. The van der Waals surface area contributed by atoms with E-state index in [1.165, 1.54) is 12.8 Å². The number of hydrogen-bond acceptors (Lipinski definition) is 5. The van der Waals surface area contributed by atoms with Gasteiger partial charge < -0.3 is 14.4 Å². The van der Waals surface area contributed by atoms with Crippen LogP contribution in [0.1, 0.15) is 62.3 Å². The van der Waals surface area contributed by atoms with Gasteiger partial charge in [-0.2, -0.15) is 4.98 Å². The van der Waals surface area contributed by atoms with Gasteiger partial charge in [0, 0.05) is 13.0 Å². The largest absolute Gasteiger partial charge is 0.393 e. The summed E-state index contributed by atoms with van der Waals surface area (Å²) in [5, 5.41) is 13.6. The number of aliphatic hydroxyl groups is 1. The Bertz CT molecular complexity index is 395. The summed E-state index contributed by atoms with van der Waals surface area (Å²) in [5.74, 6) is 2.29. The van der Waals surface area contributed by atoms with Crippen molar-refractivity contribution in [3.05, 3.63) is 11.7 Å². The summed E-state index contributed by atoms with van der Waals surface area (Å²) in [5.41, 5.74) is 0. The van der Waals surface area contributed by atoms with Crippen molar-refractivity contribution in [3.63, 3.8) is 0 Å². The predicted molar refractivity (Wildman–Crippen MR) is 64.0 cm³/mol. The van der Waals surface area contributed by atoms with Gasteiger partial charge in [-0.3, -0.25) is 0 Å². The number of ether oxygens (including phenoxy) is 1. The molecule has 2 aliphatic carbocycles. The standard InChI is InChI=1S/C13H20N2O3/c1-17-11(8-2-3-8)12-14-13(18-15-12)9-4-6-10(16)7-5-9/h8-11,16H,2-7H2,1H3. The van der Waals surface area contributed by atoms with Gasteiger partial charge in [-0.15, -0.1) is 0 Å². The number of aromatic nitrogens is 2. The summed E-state index contributed by atoms with van der Waals surface area (Å²) in [6.45, 7) is 0. The lowest BCUT2D eigenvalue weighted by molar-refractivity contribution is 0.0751. The molecule has 0 spiro atoms. The first-order chi connectivity index (χ1) is 8.78. The molecule has 1 atom stereocenters. The molecule has 0 bridgehead atoms. The molecule has 0 aliphatic heterocycles. The van der Waals surface area contributed by atoms with Crippen molar-refractivity contribution < 1.29 is 14.4 Å². The fourth-order valence-electron chi connectivity index (χ4n) is 2.76. The normalized spacial score (nSPS) is 30.3. The maximum absolute atomic E-state index is 9.50. The quantitative estimate of drug-likeness (QED) is 0.889. The van der Waals surface area contributed by atoms with E-state index in [4.69, 9.17) is 9.26 Å². The van der Waals surface area contributed by atoms with Crippen LogP contribution in [0.15, 0.2) is 4.52 Å². The zero-order valence-electron chi connectivity index (χ0n) is 10.7. The van der Waals surface area contributed by atoms with Gasteiger partial charge in [0.05, 0.1) is 6.10 Å². The second kappa shape index (κ2) is 4.97. The smallest absolute Gasteiger partial charge is 0.229 e. The van der Waals surface area contributed by atoms with E-state index in [0.29, 0.717) is 17.7 Å². The molecule has 0 amide bonds. The van der Waals surface area contributed by atoms with Crippen LogP contribution in [0.4, 0.5) is 0 Å². The molecule has 1 aromatic heterocycles. The van der Waals surface area contributed by atoms with Gasteiger partial charge in [-0.25, -0.2) is 0 Å². The average Bonchev–Trinajstić information content (AvgIpc) is 3.09. The Balaban J connectivity index is 1.68. The number of rotatable bonds is 4. The molecule has 2 saturated carbocycles. The highest BCUT2D eigenvalue weighted by Gasteiger charge is 2.36. The Morgan fingerprint density at radius 1 is 1.22 bits per heavy atom. The lowest BCUT2D eigenvalue weighted by atomic mass is 9.87. The first-order valence-electron chi connectivity index (χ1n) is 6.82. The van der Waals surface area contributed by atoms with Gasteiger partial charge in [0.2, 0.25) is 11.7 Å². The molecule has 2 fully saturated rings. The van der Waals surface area contributed by atoms with Crippen LogP contribution < -0.4 is 0 Å². The minimum Gasteiger partial charge on any atom is -0.393 e. The molecule has 100 valence electrons. The van der Waals surface area contributed by atoms with E-state index < -0.39 is 0 Å². The van der Waals surface area contributed by atoms with Crippen LogP contribution in [0, 0.1) is 5.92 Å². The molecular weight excluding hydrogens is 232 g/mol. The van der Waals surface area contributed by atoms with Crippen molar-refractivity contribution in [1.82, 2.24) is 10.1 Å². The van der Waals surface area contributed by atoms with Crippen molar-refractivity contribution in [2.45, 2.75) is 56.7 Å². The van der Waals surface area contributed by atoms with Gasteiger partial charge in [-0.05, 0) is 44.4 Å². The maximum atomic E-state index is 9.50. The maximum Gasteiger partial charge on any atom is 0.229 e. The van der Waals surface area contributed by atoms with E-state index in [9.17, 15) is 5.11 Å². The van der Waals surface area contributed by atoms with Crippen LogP contribution in [0.3, 0.4) is 0 Å². The minimum absolute atomic E-state index is 0.00307. The van der Waals surface area contributed by atoms with Crippen molar-refractivity contribution >= 4 is 0 Å². The zero-order valence-corrected chi connectivity index (χ0v) is 10.7. The molecule has 1 N–H and O–H groups in total. The molecule has 5 nitrogen and oxygen atoms in total. The van der Waals surface area contributed by atoms with Crippen LogP contribution in [-0.4, -0.2) is 28.5 Å². The number of aliphatic hydroxyl groups excluding tert-OH is 1. The average molecular weight is 252 g/mol. The third kappa shape index (κ3) is 2.42. The van der Waals surface area contributed by atoms with E-state index in [-0.39, 0.29) is 12.2 Å². The van der Waals surface area contributed by atoms with Crippen molar-refractivity contribution in [1.29, 1.82) is 0 Å². The third-order valence-electron chi connectivity index (χ3n) is 4.06. The highest BCUT2D eigenvalue weighted by molar-refractivity contribution is 5.02. The molecule has 1 unspecified atom stereocenters. The van der Waals surface area contributed by atoms with Crippen LogP contribution in [0.2, 0.25) is 0 Å². The molecule has 18 heavy (non-hydrogen) atoms. The first kappa shape index (κ1) is 12.1. The topological polar surface area (TPSA) is 68.4 Å². The van der Waals surface area contributed by atoms with Crippen LogP contribution >= 0.6 is 0 Å². The second-order valence-electron chi connectivity index (χ2n) is 5.49. The molecule has 0 radical (unpaired) electrons. The molecule has 3 rings (SSSR count). The Morgan fingerprint density at radius 3 is 2.56 bits per heavy atom. The van der Waals surface area contributed by atoms with Crippen molar-refractivity contribution in [2.75, 3.05) is 7.11 Å². The fourth-order valence-corrected chi connectivity index (χ4v) is 2.76. The number of methoxy groups -OCH3 is 1. The molecule has 1 heterocycles. The van der Waals surface area contributed by atoms with Gasteiger partial charge in [0.15, 0.2) is 0 Å². The SMILES string of the molecule is COC(c1noc(C2CCC(O)CC2)n1)C1CC1. The van der Waals surface area contributed by atoms with Gasteiger partial charge in [0.1, 0.15) is 6.10 Å². The Morgan fingerprint density at radius 2 is 1.94 bits per heavy atom. The Hall–Kier alpha value is -0.940. The van der Waals surface area contributed by atoms with E-state index in [1.807, 2.05) is 0 Å². The molecule has 0 aromatic carbocycles. The summed E-state index contributed by atoms with van der Waals surface area (Å²) < 4.78 is 10.8. The Labute approximate surface area is 107 Å². The summed E-state index contributed by atoms with van der Waals surface area (Å²) in [4.78, 5) is 4.51.